The van der Waals surface area contributed by atoms with Crippen molar-refractivity contribution in [2.75, 3.05) is 13.6 Å². The lowest BCUT2D eigenvalue weighted by molar-refractivity contribution is -0.125. The predicted molar refractivity (Wildman–Crippen MR) is 71.3 cm³/mol. The minimum Gasteiger partial charge on any atom is -0.358 e. The van der Waals surface area contributed by atoms with Gasteiger partial charge in [-0.25, -0.2) is 10.8 Å². The number of amides is 2. The number of nitrogens with one attached hydrogen (secondary N) is 2. The van der Waals surface area contributed by atoms with Crippen molar-refractivity contribution in [3.8, 4) is 0 Å². The topological polar surface area (TPSA) is 100 Å². The van der Waals surface area contributed by atoms with E-state index in [-0.39, 0.29) is 17.9 Å². The summed E-state index contributed by atoms with van der Waals surface area (Å²) < 4.78 is 0. The van der Waals surface area contributed by atoms with E-state index in [4.69, 9.17) is 5.84 Å². The third-order valence-electron chi connectivity index (χ3n) is 3.15. The molecule has 1 atom stereocenters. The zero-order chi connectivity index (χ0) is 13.8. The second-order valence-electron chi connectivity index (χ2n) is 4.36. The summed E-state index contributed by atoms with van der Waals surface area (Å²) in [5.74, 6) is 4.71. The van der Waals surface area contributed by atoms with Gasteiger partial charge in [0.2, 0.25) is 5.91 Å². The average Bonchev–Trinajstić information content (AvgIpc) is 3.06. The largest absolute Gasteiger partial charge is 0.358 e. The Morgan fingerprint density at radius 1 is 1.63 bits per heavy atom. The zero-order valence-electron chi connectivity index (χ0n) is 10.7. The van der Waals surface area contributed by atoms with Crippen molar-refractivity contribution in [2.45, 2.75) is 25.4 Å². The van der Waals surface area contributed by atoms with Crippen molar-refractivity contribution in [1.29, 1.82) is 0 Å². The zero-order valence-corrected chi connectivity index (χ0v) is 11.5. The first-order chi connectivity index (χ1) is 9.15. The monoisotopic (exact) mass is 283 g/mol. The molecule has 1 aromatic rings. The summed E-state index contributed by atoms with van der Waals surface area (Å²) in [7, 11) is 1.64. The molecule has 1 saturated heterocycles. The molecule has 1 unspecified atom stereocenters. The molecule has 0 aliphatic carbocycles. The average molecular weight is 283 g/mol. The molecule has 0 spiro atoms. The molecule has 1 aliphatic rings. The van der Waals surface area contributed by atoms with Crippen molar-refractivity contribution >= 4 is 23.2 Å². The molecule has 1 fully saturated rings. The van der Waals surface area contributed by atoms with Crippen molar-refractivity contribution in [1.82, 2.24) is 20.6 Å². The van der Waals surface area contributed by atoms with Crippen LogP contribution in [0.4, 0.5) is 0 Å². The number of hydrogen-bond acceptors (Lipinski definition) is 6. The maximum atomic E-state index is 11.7. The summed E-state index contributed by atoms with van der Waals surface area (Å²) in [5.41, 5.74) is 2.85. The first-order valence-corrected chi connectivity index (χ1v) is 6.94. The van der Waals surface area contributed by atoms with E-state index in [2.05, 4.69) is 20.6 Å². The molecule has 2 rings (SSSR count). The van der Waals surface area contributed by atoms with Gasteiger partial charge in [-0.1, -0.05) is 0 Å². The summed E-state index contributed by atoms with van der Waals surface area (Å²) in [5, 5.41) is 4.84. The van der Waals surface area contributed by atoms with E-state index < -0.39 is 0 Å². The Bertz CT molecular complexity index is 475. The van der Waals surface area contributed by atoms with Crippen LogP contribution in [0.3, 0.4) is 0 Å². The molecule has 0 saturated carbocycles. The van der Waals surface area contributed by atoms with E-state index >= 15 is 0 Å². The number of rotatable bonds is 4. The van der Waals surface area contributed by atoms with Crippen molar-refractivity contribution in [3.05, 3.63) is 16.1 Å². The van der Waals surface area contributed by atoms with Gasteiger partial charge in [-0.15, -0.1) is 11.3 Å². The second-order valence-corrected chi connectivity index (χ2v) is 5.22. The quantitative estimate of drug-likeness (QED) is 0.391. The van der Waals surface area contributed by atoms with Crippen LogP contribution < -0.4 is 16.6 Å². The Hall–Kier alpha value is -1.51. The smallest absolute Gasteiger partial charge is 0.294 e. The molecule has 8 heteroatoms. The minimum atomic E-state index is -0.388. The molecule has 7 nitrogen and oxygen atoms in total. The molecular weight excluding hydrogens is 266 g/mol. The van der Waals surface area contributed by atoms with Crippen LogP contribution in [-0.4, -0.2) is 41.3 Å². The van der Waals surface area contributed by atoms with Crippen LogP contribution in [0, 0.1) is 0 Å². The number of carbonyl (C=O) groups excluding carboxylic acids is 2. The van der Waals surface area contributed by atoms with Gasteiger partial charge in [-0.2, -0.15) is 0 Å². The number of hydrogen-bond donors (Lipinski definition) is 3. The standard InChI is InChI=1S/C11H17N5O2S/c1-13-9(17)8-3-2-4-16(8)5-7-6-19-11(14-7)10(18)15-12/h6,8H,2-5,12H2,1H3,(H,13,17)(H,15,18). The molecule has 19 heavy (non-hydrogen) atoms. The summed E-state index contributed by atoms with van der Waals surface area (Å²) in [6, 6.07) is -0.0986. The summed E-state index contributed by atoms with van der Waals surface area (Å²) in [6.45, 7) is 1.44. The molecule has 2 amide bonds. The highest BCUT2D eigenvalue weighted by atomic mass is 32.1. The van der Waals surface area contributed by atoms with Crippen LogP contribution in [0.15, 0.2) is 5.38 Å². The molecule has 4 N–H and O–H groups in total. The lowest BCUT2D eigenvalue weighted by atomic mass is 10.2. The van der Waals surface area contributed by atoms with Crippen LogP contribution in [-0.2, 0) is 11.3 Å². The molecule has 104 valence electrons. The Kier molecular flexibility index (Phi) is 4.46. The lowest BCUT2D eigenvalue weighted by Crippen LogP contribution is -2.41. The number of likely N-dealkylation sites (N-methyl/N-ethyl adjacent to an activating group) is 1. The van der Waals surface area contributed by atoms with Crippen LogP contribution in [0.5, 0.6) is 0 Å². The van der Waals surface area contributed by atoms with Gasteiger partial charge in [0.25, 0.3) is 5.91 Å². The fourth-order valence-corrected chi connectivity index (χ4v) is 2.94. The van der Waals surface area contributed by atoms with Gasteiger partial charge >= 0.3 is 0 Å². The van der Waals surface area contributed by atoms with Gasteiger partial charge in [0.05, 0.1) is 11.7 Å². The van der Waals surface area contributed by atoms with Gasteiger partial charge in [0.15, 0.2) is 5.01 Å². The third-order valence-corrected chi connectivity index (χ3v) is 4.04. The number of likely N-dealkylation sites (tertiary alicyclic amines) is 1. The Morgan fingerprint density at radius 3 is 3.11 bits per heavy atom. The predicted octanol–water partition coefficient (Wildman–Crippen LogP) is -0.543. The number of nitrogens with two attached hydrogens (primary N) is 1. The highest BCUT2D eigenvalue weighted by molar-refractivity contribution is 7.11. The molecule has 0 radical (unpaired) electrons. The fourth-order valence-electron chi connectivity index (χ4n) is 2.23. The van der Waals surface area contributed by atoms with Gasteiger partial charge in [-0.05, 0) is 19.4 Å². The second kappa shape index (κ2) is 6.09. The van der Waals surface area contributed by atoms with Gasteiger partial charge in [-0.3, -0.25) is 19.9 Å². The van der Waals surface area contributed by atoms with Gasteiger partial charge in [0, 0.05) is 19.0 Å². The summed E-state index contributed by atoms with van der Waals surface area (Å²) >= 11 is 1.25. The Morgan fingerprint density at radius 2 is 2.42 bits per heavy atom. The lowest BCUT2D eigenvalue weighted by Gasteiger charge is -2.21. The Balaban J connectivity index is 2.02. The number of nitrogens with zero attached hydrogens (tertiary/aromatic N) is 2. The van der Waals surface area contributed by atoms with Crippen molar-refractivity contribution < 1.29 is 9.59 Å². The molecule has 1 aromatic heterocycles. The molecule has 0 aromatic carbocycles. The number of carbonyl (C=O) groups is 2. The van der Waals surface area contributed by atoms with E-state index in [1.165, 1.54) is 11.3 Å². The normalized spacial score (nSPS) is 19.4. The van der Waals surface area contributed by atoms with E-state index in [0.717, 1.165) is 25.1 Å². The number of thiazole rings is 1. The molecule has 0 bridgehead atoms. The van der Waals surface area contributed by atoms with Crippen LogP contribution in [0.2, 0.25) is 0 Å². The number of nitrogen functional groups attached to an aromatic ring is 1. The maximum absolute atomic E-state index is 11.7. The SMILES string of the molecule is CNC(=O)C1CCCN1Cc1csc(C(=O)NN)n1. The van der Waals surface area contributed by atoms with Crippen molar-refractivity contribution in [2.24, 2.45) is 5.84 Å². The third kappa shape index (κ3) is 3.09. The molecular formula is C11H17N5O2S. The van der Waals surface area contributed by atoms with E-state index in [1.807, 2.05) is 5.38 Å². The number of aromatic nitrogens is 1. The van der Waals surface area contributed by atoms with E-state index in [1.54, 1.807) is 7.05 Å². The highest BCUT2D eigenvalue weighted by Gasteiger charge is 2.30. The van der Waals surface area contributed by atoms with Crippen LogP contribution in [0.25, 0.3) is 0 Å². The van der Waals surface area contributed by atoms with Gasteiger partial charge < -0.3 is 5.32 Å². The number of hydrazine groups is 1. The molecule has 1 aliphatic heterocycles. The Labute approximate surface area is 115 Å². The first kappa shape index (κ1) is 13.9. The van der Waals surface area contributed by atoms with Crippen LogP contribution in [0.1, 0.15) is 28.3 Å². The molecule has 2 heterocycles. The van der Waals surface area contributed by atoms with E-state index in [0.29, 0.717) is 11.6 Å². The highest BCUT2D eigenvalue weighted by Crippen LogP contribution is 2.21. The van der Waals surface area contributed by atoms with Gasteiger partial charge in [0.1, 0.15) is 0 Å². The van der Waals surface area contributed by atoms with Crippen LogP contribution >= 0.6 is 11.3 Å². The van der Waals surface area contributed by atoms with E-state index in [9.17, 15) is 9.59 Å². The minimum absolute atomic E-state index is 0.0349. The summed E-state index contributed by atoms with van der Waals surface area (Å²) in [4.78, 5) is 29.3. The van der Waals surface area contributed by atoms with Crippen molar-refractivity contribution in [3.63, 3.8) is 0 Å². The maximum Gasteiger partial charge on any atom is 0.294 e. The summed E-state index contributed by atoms with van der Waals surface area (Å²) in [6.07, 6.45) is 1.86. The fraction of sp³-hybridized carbons (Fsp3) is 0.545. The first-order valence-electron chi connectivity index (χ1n) is 6.06.